The molecular weight excluding hydrogens is 416 g/mol. The van der Waals surface area contributed by atoms with Crippen LogP contribution in [0.4, 0.5) is 0 Å². The minimum absolute atomic E-state index is 0.193. The molecule has 0 spiro atoms. The Hall–Kier alpha value is -1.83. The first-order chi connectivity index (χ1) is 14.4. The monoisotopic (exact) mass is 446 g/mol. The van der Waals surface area contributed by atoms with Crippen LogP contribution in [0.5, 0.6) is 0 Å². The number of nitrogens with zero attached hydrogens (tertiary/aromatic N) is 1. The molecule has 2 aromatic carbocycles. The van der Waals surface area contributed by atoms with E-state index in [1.165, 1.54) is 21.5 Å². The van der Waals surface area contributed by atoms with E-state index in [1.54, 1.807) is 30.0 Å². The topological polar surface area (TPSA) is 66.5 Å². The van der Waals surface area contributed by atoms with Gasteiger partial charge in [-0.1, -0.05) is 42.8 Å². The van der Waals surface area contributed by atoms with Gasteiger partial charge in [0.2, 0.25) is 10.0 Å². The maximum Gasteiger partial charge on any atom is 0.251 e. The Balaban J connectivity index is 1.51. The second kappa shape index (κ2) is 10.5. The summed E-state index contributed by atoms with van der Waals surface area (Å²) >= 11 is 1.76. The standard InChI is InChI=1S/C23H30N2O3S2/c1-18-6-8-20(9-7-18)17-29-15-12-24-23(26)21-4-3-5-22(16-21)30(27,28)25-13-10-19(2)11-14-25/h3-9,16,19H,10-15,17H2,1-2H3,(H,24,26). The molecule has 2 aromatic rings. The molecule has 162 valence electrons. The molecule has 1 amide bonds. The van der Waals surface area contributed by atoms with Gasteiger partial charge in [0.15, 0.2) is 0 Å². The second-order valence-corrected chi connectivity index (χ2v) is 11.0. The molecular formula is C23H30N2O3S2. The number of hydrogen-bond acceptors (Lipinski definition) is 4. The molecule has 1 aliphatic rings. The molecule has 5 nitrogen and oxygen atoms in total. The summed E-state index contributed by atoms with van der Waals surface area (Å²) in [4.78, 5) is 12.7. The SMILES string of the molecule is Cc1ccc(CSCCNC(=O)c2cccc(S(=O)(=O)N3CCC(C)CC3)c2)cc1. The molecule has 0 bridgehead atoms. The number of nitrogens with one attached hydrogen (secondary N) is 1. The minimum atomic E-state index is -3.56. The molecule has 1 heterocycles. The molecule has 1 fully saturated rings. The van der Waals surface area contributed by atoms with Crippen molar-refractivity contribution >= 4 is 27.7 Å². The lowest BCUT2D eigenvalue weighted by Crippen LogP contribution is -2.38. The third-order valence-corrected chi connectivity index (χ3v) is 8.32. The zero-order valence-electron chi connectivity index (χ0n) is 17.6. The first kappa shape index (κ1) is 22.8. The summed E-state index contributed by atoms with van der Waals surface area (Å²) in [5.41, 5.74) is 2.89. The molecule has 3 rings (SSSR count). The molecule has 1 aliphatic heterocycles. The van der Waals surface area contributed by atoms with Gasteiger partial charge in [-0.25, -0.2) is 8.42 Å². The van der Waals surface area contributed by atoms with Gasteiger partial charge in [0.1, 0.15) is 0 Å². The molecule has 1 N–H and O–H groups in total. The summed E-state index contributed by atoms with van der Waals surface area (Å²) in [5, 5.41) is 2.89. The Labute approximate surface area is 184 Å². The molecule has 0 atom stereocenters. The summed E-state index contributed by atoms with van der Waals surface area (Å²) in [5.74, 6) is 2.01. The number of benzene rings is 2. The van der Waals surface area contributed by atoms with Gasteiger partial charge in [0.25, 0.3) is 5.91 Å². The lowest BCUT2D eigenvalue weighted by molar-refractivity contribution is 0.0956. The first-order valence-electron chi connectivity index (χ1n) is 10.4. The van der Waals surface area contributed by atoms with Crippen molar-refractivity contribution in [2.75, 3.05) is 25.4 Å². The van der Waals surface area contributed by atoms with Crippen LogP contribution >= 0.6 is 11.8 Å². The highest BCUT2D eigenvalue weighted by atomic mass is 32.2. The van der Waals surface area contributed by atoms with Crippen molar-refractivity contribution in [2.45, 2.75) is 37.3 Å². The number of thioether (sulfide) groups is 1. The number of aryl methyl sites for hydroxylation is 1. The molecule has 0 saturated carbocycles. The lowest BCUT2D eigenvalue weighted by Gasteiger charge is -2.29. The average molecular weight is 447 g/mol. The number of rotatable bonds is 8. The van der Waals surface area contributed by atoms with E-state index in [1.807, 2.05) is 0 Å². The highest BCUT2D eigenvalue weighted by Gasteiger charge is 2.28. The lowest BCUT2D eigenvalue weighted by atomic mass is 10.0. The van der Waals surface area contributed by atoms with E-state index in [-0.39, 0.29) is 10.8 Å². The minimum Gasteiger partial charge on any atom is -0.351 e. The zero-order valence-corrected chi connectivity index (χ0v) is 19.3. The summed E-state index contributed by atoms with van der Waals surface area (Å²) in [7, 11) is -3.56. The fourth-order valence-corrected chi connectivity index (χ4v) is 5.72. The van der Waals surface area contributed by atoms with E-state index >= 15 is 0 Å². The van der Waals surface area contributed by atoms with Crippen LogP contribution in [0.3, 0.4) is 0 Å². The molecule has 0 radical (unpaired) electrons. The van der Waals surface area contributed by atoms with Crippen molar-refractivity contribution in [1.82, 2.24) is 9.62 Å². The number of carbonyl (C=O) groups excluding carboxylic acids is 1. The average Bonchev–Trinajstić information content (AvgIpc) is 2.75. The van der Waals surface area contributed by atoms with Crippen LogP contribution in [0, 0.1) is 12.8 Å². The van der Waals surface area contributed by atoms with Crippen LogP contribution in [0.2, 0.25) is 0 Å². The normalized spacial score (nSPS) is 15.8. The number of amides is 1. The van der Waals surface area contributed by atoms with E-state index in [2.05, 4.69) is 43.4 Å². The summed E-state index contributed by atoms with van der Waals surface area (Å²) in [6, 6.07) is 14.8. The van der Waals surface area contributed by atoms with E-state index < -0.39 is 10.0 Å². The maximum atomic E-state index is 12.9. The van der Waals surface area contributed by atoms with E-state index in [4.69, 9.17) is 0 Å². The van der Waals surface area contributed by atoms with E-state index in [9.17, 15) is 13.2 Å². The third-order valence-electron chi connectivity index (χ3n) is 5.40. The number of piperidine rings is 1. The Kier molecular flexibility index (Phi) is 7.97. The van der Waals surface area contributed by atoms with Crippen molar-refractivity contribution in [2.24, 2.45) is 5.92 Å². The van der Waals surface area contributed by atoms with Crippen molar-refractivity contribution in [1.29, 1.82) is 0 Å². The van der Waals surface area contributed by atoms with Gasteiger partial charge in [-0.15, -0.1) is 0 Å². The third kappa shape index (κ3) is 6.09. The second-order valence-electron chi connectivity index (χ2n) is 7.91. The van der Waals surface area contributed by atoms with Crippen molar-refractivity contribution in [3.63, 3.8) is 0 Å². The largest absolute Gasteiger partial charge is 0.351 e. The smallest absolute Gasteiger partial charge is 0.251 e. The van der Waals surface area contributed by atoms with Crippen LogP contribution in [-0.4, -0.2) is 44.0 Å². The number of sulfonamides is 1. The Morgan fingerprint density at radius 3 is 2.53 bits per heavy atom. The first-order valence-corrected chi connectivity index (χ1v) is 13.0. The van der Waals surface area contributed by atoms with Crippen LogP contribution in [0.25, 0.3) is 0 Å². The Bertz CT molecular complexity index is 951. The van der Waals surface area contributed by atoms with Crippen LogP contribution in [0.1, 0.15) is 41.3 Å². The van der Waals surface area contributed by atoms with Gasteiger partial charge in [-0.05, 0) is 49.4 Å². The van der Waals surface area contributed by atoms with Gasteiger partial charge in [0, 0.05) is 36.7 Å². The Morgan fingerprint density at radius 2 is 1.83 bits per heavy atom. The van der Waals surface area contributed by atoms with Gasteiger partial charge >= 0.3 is 0 Å². The molecule has 1 saturated heterocycles. The maximum absolute atomic E-state index is 12.9. The van der Waals surface area contributed by atoms with Gasteiger partial charge in [-0.2, -0.15) is 16.1 Å². The summed E-state index contributed by atoms with van der Waals surface area (Å²) in [6.45, 7) is 5.83. The highest BCUT2D eigenvalue weighted by molar-refractivity contribution is 7.98. The van der Waals surface area contributed by atoms with Gasteiger partial charge in [0.05, 0.1) is 4.90 Å². The van der Waals surface area contributed by atoms with Crippen LogP contribution in [-0.2, 0) is 15.8 Å². The van der Waals surface area contributed by atoms with Crippen LogP contribution in [0.15, 0.2) is 53.4 Å². The number of carbonyl (C=O) groups is 1. The molecule has 0 unspecified atom stereocenters. The Morgan fingerprint density at radius 1 is 1.13 bits per heavy atom. The molecule has 0 aromatic heterocycles. The highest BCUT2D eigenvalue weighted by Crippen LogP contribution is 2.24. The fraction of sp³-hybridized carbons (Fsp3) is 0.435. The fourth-order valence-electron chi connectivity index (χ4n) is 3.39. The molecule has 0 aliphatic carbocycles. The summed E-state index contributed by atoms with van der Waals surface area (Å²) < 4.78 is 27.4. The van der Waals surface area contributed by atoms with Gasteiger partial charge in [-0.3, -0.25) is 4.79 Å². The summed E-state index contributed by atoms with van der Waals surface area (Å²) in [6.07, 6.45) is 1.75. The van der Waals surface area contributed by atoms with E-state index in [0.29, 0.717) is 31.1 Å². The molecule has 30 heavy (non-hydrogen) atoms. The zero-order chi connectivity index (χ0) is 21.6. The van der Waals surface area contributed by atoms with Crippen molar-refractivity contribution in [3.8, 4) is 0 Å². The van der Waals surface area contributed by atoms with Crippen LogP contribution < -0.4 is 5.32 Å². The predicted molar refractivity (Wildman–Crippen MR) is 123 cm³/mol. The van der Waals surface area contributed by atoms with Crippen molar-refractivity contribution < 1.29 is 13.2 Å². The quantitative estimate of drug-likeness (QED) is 0.621. The van der Waals surface area contributed by atoms with E-state index in [0.717, 1.165) is 24.3 Å². The van der Waals surface area contributed by atoms with Crippen molar-refractivity contribution in [3.05, 3.63) is 65.2 Å². The number of hydrogen-bond donors (Lipinski definition) is 1. The predicted octanol–water partition coefficient (Wildman–Crippen LogP) is 4.08. The molecule has 7 heteroatoms. The van der Waals surface area contributed by atoms with Gasteiger partial charge < -0.3 is 5.32 Å².